The van der Waals surface area contributed by atoms with Gasteiger partial charge in [0, 0.05) is 5.41 Å². The fourth-order valence-corrected chi connectivity index (χ4v) is 11.8. The SMILES string of the molecule is CCC(COCC(O)C[N+](CC)(CC)CC(O)C1CCCCC1)(COCC(O)C[N+](CC)(CC)CC(O)C1CCCCC1)COCC(O)C[N+](CC)(CC)CC(O)C1CCCCC1. The number of aliphatic hydroxyl groups is 6. The van der Waals surface area contributed by atoms with Crippen molar-refractivity contribution in [2.24, 2.45) is 23.2 Å². The first kappa shape index (κ1) is 56.8. The fraction of sp³-hybridized carbons (Fsp3) is 1.00. The van der Waals surface area contributed by atoms with Crippen LogP contribution in [-0.2, 0) is 14.2 Å². The Hall–Kier alpha value is -0.480. The molecule has 3 rings (SSSR count). The molecular formula is C51H104N3O9+3. The van der Waals surface area contributed by atoms with E-state index >= 15 is 0 Å². The maximum Gasteiger partial charge on any atom is 0.126 e. The number of quaternary nitrogens is 3. The highest BCUT2D eigenvalue weighted by atomic mass is 16.5. The van der Waals surface area contributed by atoms with Crippen molar-refractivity contribution >= 4 is 0 Å². The van der Waals surface area contributed by atoms with Crippen LogP contribution in [0.1, 0.15) is 151 Å². The molecule has 3 aliphatic rings. The molecule has 63 heavy (non-hydrogen) atoms. The van der Waals surface area contributed by atoms with Crippen LogP contribution in [0.2, 0.25) is 0 Å². The molecule has 0 aromatic carbocycles. The summed E-state index contributed by atoms with van der Waals surface area (Å²) >= 11 is 0. The van der Waals surface area contributed by atoms with Crippen LogP contribution >= 0.6 is 0 Å². The van der Waals surface area contributed by atoms with Gasteiger partial charge in [0.2, 0.25) is 0 Å². The molecule has 0 bridgehead atoms. The van der Waals surface area contributed by atoms with E-state index in [4.69, 9.17) is 14.2 Å². The molecule has 6 atom stereocenters. The van der Waals surface area contributed by atoms with E-state index in [9.17, 15) is 30.6 Å². The van der Waals surface area contributed by atoms with Crippen molar-refractivity contribution in [1.29, 1.82) is 0 Å². The smallest absolute Gasteiger partial charge is 0.126 e. The second kappa shape index (κ2) is 29.4. The van der Waals surface area contributed by atoms with Crippen molar-refractivity contribution < 1.29 is 58.3 Å². The molecule has 0 aromatic rings. The minimum absolute atomic E-state index is 0.152. The summed E-state index contributed by atoms with van der Waals surface area (Å²) in [6.07, 6.45) is 14.8. The summed E-state index contributed by atoms with van der Waals surface area (Å²) in [6, 6.07) is 0. The number of hydrogen-bond donors (Lipinski definition) is 6. The molecule has 6 N–H and O–H groups in total. The van der Waals surface area contributed by atoms with Crippen molar-refractivity contribution in [3.63, 3.8) is 0 Å². The third-order valence-electron chi connectivity index (χ3n) is 17.0. The van der Waals surface area contributed by atoms with Gasteiger partial charge in [-0.15, -0.1) is 0 Å². The van der Waals surface area contributed by atoms with Gasteiger partial charge in [0.1, 0.15) is 75.9 Å². The summed E-state index contributed by atoms with van der Waals surface area (Å²) < 4.78 is 21.1. The Balaban J connectivity index is 1.66. The average molecular weight is 903 g/mol. The minimum Gasteiger partial charge on any atom is -0.387 e. The van der Waals surface area contributed by atoms with Gasteiger partial charge in [-0.25, -0.2) is 0 Å². The molecule has 0 heterocycles. The third kappa shape index (κ3) is 18.9. The molecule has 3 fully saturated rings. The first-order valence-electron chi connectivity index (χ1n) is 26.6. The van der Waals surface area contributed by atoms with E-state index in [0.717, 1.165) is 77.8 Å². The van der Waals surface area contributed by atoms with Gasteiger partial charge in [-0.2, -0.15) is 0 Å². The highest BCUT2D eigenvalue weighted by Gasteiger charge is 2.38. The lowest BCUT2D eigenvalue weighted by Crippen LogP contribution is -2.57. The average Bonchev–Trinajstić information content (AvgIpc) is 3.31. The van der Waals surface area contributed by atoms with Crippen LogP contribution in [0.3, 0.4) is 0 Å². The number of hydrogen-bond acceptors (Lipinski definition) is 9. The van der Waals surface area contributed by atoms with E-state index in [1.807, 2.05) is 0 Å². The Kier molecular flexibility index (Phi) is 26.5. The summed E-state index contributed by atoms with van der Waals surface area (Å²) in [4.78, 5) is 0. The molecule has 0 aromatic heterocycles. The van der Waals surface area contributed by atoms with Gasteiger partial charge in [0.05, 0.1) is 78.9 Å². The largest absolute Gasteiger partial charge is 0.387 e. The van der Waals surface area contributed by atoms with Crippen LogP contribution in [0.25, 0.3) is 0 Å². The molecule has 0 saturated heterocycles. The standard InChI is InChI=1S/C51H104N3O9/c1-8-51(39-61-36-45(55)30-52(9-2,10-3)33-48(58)42-24-18-15-19-25-42,40-62-37-46(56)31-53(11-4,12-5)34-49(59)43-26-20-16-21-27-43)41-63-38-47(57)32-54(13-6,14-7)35-50(60)44-28-22-17-23-29-44/h42-50,55-60H,8-41H2,1-7H3/q+3. The number of likely N-dealkylation sites (N-methyl/N-ethyl adjacent to an activating group) is 3. The summed E-state index contributed by atoms with van der Waals surface area (Å²) in [5.74, 6) is 1.01. The second-order valence-corrected chi connectivity index (χ2v) is 21.3. The lowest BCUT2D eigenvalue weighted by Gasteiger charge is -2.42. The maximum atomic E-state index is 11.4. The number of nitrogens with zero attached hydrogens (tertiary/aromatic N) is 3. The van der Waals surface area contributed by atoms with Crippen LogP contribution in [-0.4, -0.2) is 199 Å². The van der Waals surface area contributed by atoms with Gasteiger partial charge in [0.25, 0.3) is 0 Å². The van der Waals surface area contributed by atoms with E-state index in [1.54, 1.807) is 0 Å². The van der Waals surface area contributed by atoms with Crippen molar-refractivity contribution in [3.05, 3.63) is 0 Å². The van der Waals surface area contributed by atoms with Crippen LogP contribution in [0.4, 0.5) is 0 Å². The highest BCUT2D eigenvalue weighted by Crippen LogP contribution is 2.31. The Morgan fingerprint density at radius 2 is 0.619 bits per heavy atom. The molecular weight excluding hydrogens is 799 g/mol. The molecule has 0 amide bonds. The molecule has 12 heteroatoms. The van der Waals surface area contributed by atoms with Crippen molar-refractivity contribution in [1.82, 2.24) is 0 Å². The van der Waals surface area contributed by atoms with E-state index < -0.39 is 23.7 Å². The van der Waals surface area contributed by atoms with E-state index in [-0.39, 0.29) is 58.0 Å². The quantitative estimate of drug-likeness (QED) is 0.0434. The number of aliphatic hydroxyl groups excluding tert-OH is 6. The minimum atomic E-state index is -0.709. The highest BCUT2D eigenvalue weighted by molar-refractivity contribution is 4.80. The number of ether oxygens (including phenoxy) is 3. The first-order valence-corrected chi connectivity index (χ1v) is 26.6. The van der Waals surface area contributed by atoms with Gasteiger partial charge >= 0.3 is 0 Å². The second-order valence-electron chi connectivity index (χ2n) is 21.3. The Labute approximate surface area is 386 Å². The van der Waals surface area contributed by atoms with Crippen LogP contribution < -0.4 is 0 Å². The topological polar surface area (TPSA) is 149 Å². The Bertz CT molecular complexity index is 1020. The zero-order valence-corrected chi connectivity index (χ0v) is 42.0. The van der Waals surface area contributed by atoms with Gasteiger partial charge in [-0.05, 0) is 104 Å². The van der Waals surface area contributed by atoms with Crippen LogP contribution in [0.15, 0.2) is 0 Å². The van der Waals surface area contributed by atoms with Gasteiger partial charge < -0.3 is 58.3 Å². The van der Waals surface area contributed by atoms with Crippen LogP contribution in [0, 0.1) is 23.2 Å². The molecule has 0 radical (unpaired) electrons. The monoisotopic (exact) mass is 903 g/mol. The Morgan fingerprint density at radius 1 is 0.381 bits per heavy atom. The normalized spacial score (nSPS) is 22.0. The molecule has 12 nitrogen and oxygen atoms in total. The lowest BCUT2D eigenvalue weighted by molar-refractivity contribution is -0.930. The predicted molar refractivity (Wildman–Crippen MR) is 254 cm³/mol. The zero-order valence-electron chi connectivity index (χ0n) is 42.0. The van der Waals surface area contributed by atoms with Crippen molar-refractivity contribution in [2.45, 2.75) is 188 Å². The number of rotatable bonds is 34. The Morgan fingerprint density at radius 3 is 0.825 bits per heavy atom. The van der Waals surface area contributed by atoms with Gasteiger partial charge in [0.15, 0.2) is 0 Å². The molecule has 0 aliphatic heterocycles. The summed E-state index contributed by atoms with van der Waals surface area (Å²) in [5.41, 5.74) is -0.588. The molecule has 374 valence electrons. The van der Waals surface area contributed by atoms with E-state index in [0.29, 0.717) is 76.9 Å². The molecule has 6 unspecified atom stereocenters. The third-order valence-corrected chi connectivity index (χ3v) is 17.0. The maximum absolute atomic E-state index is 11.4. The molecule has 3 saturated carbocycles. The summed E-state index contributed by atoms with van der Waals surface area (Å²) in [5, 5.41) is 68.2. The molecule has 0 spiro atoms. The van der Waals surface area contributed by atoms with Crippen molar-refractivity contribution in [2.75, 3.05) is 118 Å². The van der Waals surface area contributed by atoms with E-state index in [2.05, 4.69) is 48.5 Å². The summed E-state index contributed by atoms with van der Waals surface area (Å²) in [7, 11) is 0. The lowest BCUT2D eigenvalue weighted by atomic mass is 9.85. The molecule has 3 aliphatic carbocycles. The zero-order chi connectivity index (χ0) is 46.4. The summed E-state index contributed by atoms with van der Waals surface area (Å²) in [6.45, 7) is 24.7. The predicted octanol–water partition coefficient (Wildman–Crippen LogP) is 5.91. The van der Waals surface area contributed by atoms with Crippen LogP contribution in [0.5, 0.6) is 0 Å². The van der Waals surface area contributed by atoms with Gasteiger partial charge in [-0.3, -0.25) is 0 Å². The fourth-order valence-electron chi connectivity index (χ4n) is 11.8. The van der Waals surface area contributed by atoms with Crippen molar-refractivity contribution in [3.8, 4) is 0 Å². The van der Waals surface area contributed by atoms with E-state index in [1.165, 1.54) is 57.8 Å². The first-order chi connectivity index (χ1) is 30.2. The van der Waals surface area contributed by atoms with Gasteiger partial charge in [-0.1, -0.05) is 64.7 Å².